The van der Waals surface area contributed by atoms with Gasteiger partial charge in [-0.05, 0) is 42.5 Å². The number of pyridine rings is 1. The number of benzene rings is 1. The normalized spacial score (nSPS) is 14.5. The summed E-state index contributed by atoms with van der Waals surface area (Å²) in [4.78, 5) is 28.8. The lowest BCUT2D eigenvalue weighted by Crippen LogP contribution is -2.23. The first-order valence-electron chi connectivity index (χ1n) is 10.7. The molecule has 1 amide bonds. The van der Waals surface area contributed by atoms with E-state index in [-0.39, 0.29) is 27.9 Å². The first-order chi connectivity index (χ1) is 17.4. The van der Waals surface area contributed by atoms with Crippen molar-refractivity contribution in [2.24, 2.45) is 0 Å². The highest BCUT2D eigenvalue weighted by Crippen LogP contribution is 2.40. The third-order valence-corrected chi connectivity index (χ3v) is 9.24. The lowest BCUT2D eigenvalue weighted by atomic mass is 10.2. The standard InChI is InChI=1S/C24H17N5O4S3/c1-33-24-18-8-14(10-26-24)20-9-17-22(35-20)21(28-12-27-17)19-6-5-15(34-19)11-25-23(30)13-3-2-4-16(7-13)36(31,32)29-18/h2-10,12,29H,11H2,1H3,(H,25,30). The van der Waals surface area contributed by atoms with Gasteiger partial charge in [-0.3, -0.25) is 9.52 Å². The number of thiophene rings is 2. The molecule has 5 aromatic rings. The van der Waals surface area contributed by atoms with Crippen molar-refractivity contribution in [3.8, 4) is 26.9 Å². The molecule has 1 aliphatic rings. The van der Waals surface area contributed by atoms with Crippen molar-refractivity contribution in [1.82, 2.24) is 20.3 Å². The van der Waals surface area contributed by atoms with E-state index in [1.54, 1.807) is 18.3 Å². The van der Waals surface area contributed by atoms with Gasteiger partial charge in [-0.2, -0.15) is 0 Å². The van der Waals surface area contributed by atoms with Crippen LogP contribution in [0.4, 0.5) is 5.69 Å². The predicted octanol–water partition coefficient (Wildman–Crippen LogP) is 4.53. The molecule has 0 radical (unpaired) electrons. The summed E-state index contributed by atoms with van der Waals surface area (Å²) in [6, 6.07) is 13.4. The Hall–Kier alpha value is -3.87. The predicted molar refractivity (Wildman–Crippen MR) is 139 cm³/mol. The fourth-order valence-corrected chi connectivity index (χ4v) is 7.08. The van der Waals surface area contributed by atoms with E-state index in [1.807, 2.05) is 18.2 Å². The number of methoxy groups -OCH3 is 1. The summed E-state index contributed by atoms with van der Waals surface area (Å²) in [5.74, 6) is -0.255. The Kier molecular flexibility index (Phi) is 5.43. The second-order valence-electron chi connectivity index (χ2n) is 7.91. The van der Waals surface area contributed by atoms with E-state index < -0.39 is 10.0 Å². The molecule has 0 spiro atoms. The number of amides is 1. The first-order valence-corrected chi connectivity index (χ1v) is 13.8. The van der Waals surface area contributed by atoms with E-state index in [1.165, 1.54) is 54.3 Å². The van der Waals surface area contributed by atoms with Crippen LogP contribution < -0.4 is 14.8 Å². The summed E-state index contributed by atoms with van der Waals surface area (Å²) in [7, 11) is -2.63. The van der Waals surface area contributed by atoms with Crippen molar-refractivity contribution in [2.45, 2.75) is 11.4 Å². The van der Waals surface area contributed by atoms with Gasteiger partial charge in [-0.25, -0.2) is 23.4 Å². The number of nitrogens with one attached hydrogen (secondary N) is 2. The number of rotatable bonds is 1. The molecule has 1 aliphatic heterocycles. The molecule has 8 bridgehead atoms. The number of nitrogens with zero attached hydrogens (tertiary/aromatic N) is 3. The molecular formula is C24H17N5O4S3. The summed E-state index contributed by atoms with van der Waals surface area (Å²) in [5.41, 5.74) is 2.68. The van der Waals surface area contributed by atoms with E-state index >= 15 is 0 Å². The Morgan fingerprint density at radius 3 is 2.72 bits per heavy atom. The molecule has 6 rings (SSSR count). The van der Waals surface area contributed by atoms with Crippen molar-refractivity contribution in [2.75, 3.05) is 11.8 Å². The summed E-state index contributed by atoms with van der Waals surface area (Å²) in [5, 5.41) is 2.86. The van der Waals surface area contributed by atoms with E-state index in [2.05, 4.69) is 25.0 Å². The van der Waals surface area contributed by atoms with Gasteiger partial charge in [-0.15, -0.1) is 22.7 Å². The summed E-state index contributed by atoms with van der Waals surface area (Å²) in [6.45, 7) is 0.302. The Bertz CT molecular complexity index is 1760. The highest BCUT2D eigenvalue weighted by molar-refractivity contribution is 7.92. The van der Waals surface area contributed by atoms with Gasteiger partial charge in [0.05, 0.1) is 33.6 Å². The van der Waals surface area contributed by atoms with Crippen LogP contribution in [0.2, 0.25) is 0 Å². The maximum absolute atomic E-state index is 13.2. The molecule has 12 heteroatoms. The Morgan fingerprint density at radius 2 is 1.86 bits per heavy atom. The maximum atomic E-state index is 13.2. The van der Waals surface area contributed by atoms with Crippen molar-refractivity contribution in [3.63, 3.8) is 0 Å². The van der Waals surface area contributed by atoms with Gasteiger partial charge in [0.15, 0.2) is 0 Å². The van der Waals surface area contributed by atoms with Gasteiger partial charge in [0, 0.05) is 27.1 Å². The number of carbonyl (C=O) groups is 1. The SMILES string of the molecule is COc1ncc2cc1NS(=O)(=O)c1cccc(c1)C(=O)NCc1ccc(s1)-c1ncnc3cc-2sc13. The molecule has 0 saturated carbocycles. The van der Waals surface area contributed by atoms with E-state index in [9.17, 15) is 13.2 Å². The van der Waals surface area contributed by atoms with E-state index in [4.69, 9.17) is 4.74 Å². The average molecular weight is 536 g/mol. The molecule has 2 N–H and O–H groups in total. The lowest BCUT2D eigenvalue weighted by molar-refractivity contribution is 0.0951. The molecule has 9 nitrogen and oxygen atoms in total. The Balaban J connectivity index is 1.56. The summed E-state index contributed by atoms with van der Waals surface area (Å²) >= 11 is 3.03. The summed E-state index contributed by atoms with van der Waals surface area (Å²) < 4.78 is 35.3. The highest BCUT2D eigenvalue weighted by atomic mass is 32.2. The number of sulfonamides is 1. The second kappa shape index (κ2) is 8.66. The first kappa shape index (κ1) is 22.6. The third kappa shape index (κ3) is 3.98. The van der Waals surface area contributed by atoms with Crippen LogP contribution in [-0.2, 0) is 16.6 Å². The molecule has 5 heterocycles. The number of anilines is 1. The van der Waals surface area contributed by atoms with Crippen LogP contribution in [0.25, 0.3) is 31.2 Å². The number of carbonyl (C=O) groups excluding carboxylic acids is 1. The van der Waals surface area contributed by atoms with Crippen molar-refractivity contribution in [3.05, 3.63) is 71.5 Å². The molecule has 0 unspecified atom stereocenters. The fraction of sp³-hybridized carbons (Fsp3) is 0.0833. The van der Waals surface area contributed by atoms with Gasteiger partial charge in [0.1, 0.15) is 17.7 Å². The molecule has 4 aromatic heterocycles. The average Bonchev–Trinajstić information content (AvgIpc) is 3.54. The van der Waals surface area contributed by atoms with Crippen LogP contribution in [0.5, 0.6) is 5.88 Å². The third-order valence-electron chi connectivity index (χ3n) is 5.61. The van der Waals surface area contributed by atoms with Crippen LogP contribution in [-0.4, -0.2) is 36.4 Å². The lowest BCUT2D eigenvalue weighted by Gasteiger charge is -2.13. The minimum Gasteiger partial charge on any atom is -0.480 e. The molecular weight excluding hydrogens is 518 g/mol. The topological polar surface area (TPSA) is 123 Å². The number of fused-ring (bicyclic) bond motifs is 9. The zero-order valence-corrected chi connectivity index (χ0v) is 21.1. The number of hydrogen-bond donors (Lipinski definition) is 2. The molecule has 0 atom stereocenters. The van der Waals surface area contributed by atoms with Crippen molar-refractivity contribution < 1.29 is 17.9 Å². The zero-order chi connectivity index (χ0) is 24.9. The number of hydrogen-bond acceptors (Lipinski definition) is 9. The smallest absolute Gasteiger partial charge is 0.262 e. The summed E-state index contributed by atoms with van der Waals surface area (Å²) in [6.07, 6.45) is 3.15. The van der Waals surface area contributed by atoms with Gasteiger partial charge < -0.3 is 10.1 Å². The minimum atomic E-state index is -4.04. The van der Waals surface area contributed by atoms with Gasteiger partial charge in [0.2, 0.25) is 5.88 Å². The van der Waals surface area contributed by atoms with Crippen molar-refractivity contribution in [1.29, 1.82) is 0 Å². The van der Waals surface area contributed by atoms with E-state index in [0.29, 0.717) is 12.1 Å². The molecule has 180 valence electrons. The quantitative estimate of drug-likeness (QED) is 0.323. The van der Waals surface area contributed by atoms with Gasteiger partial charge in [0.25, 0.3) is 15.9 Å². The Labute approximate surface area is 213 Å². The van der Waals surface area contributed by atoms with Crippen LogP contribution in [0.3, 0.4) is 0 Å². The zero-order valence-electron chi connectivity index (χ0n) is 18.7. The van der Waals surface area contributed by atoms with Crippen LogP contribution in [0.1, 0.15) is 15.2 Å². The van der Waals surface area contributed by atoms with Crippen LogP contribution >= 0.6 is 22.7 Å². The Morgan fingerprint density at radius 1 is 0.972 bits per heavy atom. The molecule has 1 aromatic carbocycles. The van der Waals surface area contributed by atoms with E-state index in [0.717, 1.165) is 30.5 Å². The van der Waals surface area contributed by atoms with Crippen LogP contribution in [0, 0.1) is 0 Å². The van der Waals surface area contributed by atoms with Gasteiger partial charge >= 0.3 is 0 Å². The second-order valence-corrected chi connectivity index (χ2v) is 11.8. The number of aromatic nitrogens is 3. The highest BCUT2D eigenvalue weighted by Gasteiger charge is 2.21. The van der Waals surface area contributed by atoms with Gasteiger partial charge in [-0.1, -0.05) is 6.07 Å². The molecule has 0 aliphatic carbocycles. The monoisotopic (exact) mass is 535 g/mol. The largest absolute Gasteiger partial charge is 0.480 e. The molecule has 0 fully saturated rings. The number of ether oxygens (including phenoxy) is 1. The minimum absolute atomic E-state index is 0.0519. The fourth-order valence-electron chi connectivity index (χ4n) is 3.87. The van der Waals surface area contributed by atoms with Crippen molar-refractivity contribution >= 4 is 54.5 Å². The van der Waals surface area contributed by atoms with Crippen LogP contribution in [0.15, 0.2) is 66.0 Å². The molecule has 36 heavy (non-hydrogen) atoms. The molecule has 0 saturated heterocycles. The maximum Gasteiger partial charge on any atom is 0.262 e.